The van der Waals surface area contributed by atoms with Crippen molar-refractivity contribution in [2.75, 3.05) is 21.7 Å². The Bertz CT molecular complexity index is 1140. The molecule has 7 nitrogen and oxygen atoms in total. The van der Waals surface area contributed by atoms with Crippen molar-refractivity contribution in [2.45, 2.75) is 23.8 Å². The van der Waals surface area contributed by atoms with E-state index in [2.05, 4.69) is 4.72 Å². The van der Waals surface area contributed by atoms with Crippen LogP contribution in [-0.2, 0) is 20.2 Å². The predicted molar refractivity (Wildman–Crippen MR) is 105 cm³/mol. The molecular weight excluding hydrogens is 429 g/mol. The quantitative estimate of drug-likeness (QED) is 0.740. The summed E-state index contributed by atoms with van der Waals surface area (Å²) in [6, 6.07) is 9.98. The van der Waals surface area contributed by atoms with Crippen molar-refractivity contribution in [2.24, 2.45) is 0 Å². The molecule has 1 aliphatic carbocycles. The summed E-state index contributed by atoms with van der Waals surface area (Å²) in [4.78, 5) is -0.191. The van der Waals surface area contributed by atoms with E-state index in [1.807, 2.05) is 0 Å². The highest BCUT2D eigenvalue weighted by Crippen LogP contribution is 2.46. The van der Waals surface area contributed by atoms with Gasteiger partial charge in [0.15, 0.2) is 0 Å². The SMILES string of the molecule is O=S(=O)(NCCN1c2ccccc2N(C2CC2)S1(=O)=O)c1ccc(F)c(Cl)c1. The lowest BCUT2D eigenvalue weighted by atomic mass is 10.2. The number of fused-ring (bicyclic) bond motifs is 1. The van der Waals surface area contributed by atoms with E-state index in [9.17, 15) is 21.2 Å². The number of nitrogens with one attached hydrogen (secondary N) is 1. The molecule has 0 radical (unpaired) electrons. The lowest BCUT2D eigenvalue weighted by Crippen LogP contribution is -2.42. The predicted octanol–water partition coefficient (Wildman–Crippen LogP) is 2.49. The molecule has 0 aromatic heterocycles. The zero-order valence-electron chi connectivity index (χ0n) is 14.5. The molecule has 2 aliphatic rings. The van der Waals surface area contributed by atoms with E-state index in [1.54, 1.807) is 24.3 Å². The number of anilines is 2. The highest BCUT2D eigenvalue weighted by Gasteiger charge is 2.47. The molecule has 0 bridgehead atoms. The lowest BCUT2D eigenvalue weighted by Gasteiger charge is -2.21. The summed E-state index contributed by atoms with van der Waals surface area (Å²) in [7, 11) is -7.72. The molecule has 11 heteroatoms. The third-order valence-electron chi connectivity index (χ3n) is 4.60. The van der Waals surface area contributed by atoms with Gasteiger partial charge >= 0.3 is 10.2 Å². The average Bonchev–Trinajstić information content (AvgIpc) is 3.43. The van der Waals surface area contributed by atoms with Gasteiger partial charge in [-0.25, -0.2) is 26.1 Å². The Morgan fingerprint density at radius 2 is 1.82 bits per heavy atom. The topological polar surface area (TPSA) is 86.8 Å². The maximum absolute atomic E-state index is 13.3. The standard InChI is InChI=1S/C17H17ClFN3O4S2/c18-14-11-13(7-8-15(14)19)27(23,24)20-9-10-21-16-3-1-2-4-17(16)22(12-5-6-12)28(21,25)26/h1-4,7-8,11-12,20H,5-6,9-10H2. The molecule has 2 aromatic rings. The smallest absolute Gasteiger partial charge is 0.250 e. The Balaban J connectivity index is 1.52. The number of sulfonamides is 1. The van der Waals surface area contributed by atoms with Crippen LogP contribution in [0.25, 0.3) is 0 Å². The fourth-order valence-electron chi connectivity index (χ4n) is 3.16. The number of hydrogen-bond donors (Lipinski definition) is 1. The summed E-state index contributed by atoms with van der Waals surface area (Å²) >= 11 is 5.64. The van der Waals surface area contributed by atoms with E-state index < -0.39 is 26.0 Å². The Morgan fingerprint density at radius 1 is 1.14 bits per heavy atom. The first-order valence-corrected chi connectivity index (χ1v) is 11.8. The molecule has 2 aromatic carbocycles. The average molecular weight is 446 g/mol. The van der Waals surface area contributed by atoms with E-state index in [4.69, 9.17) is 11.6 Å². The zero-order chi connectivity index (χ0) is 20.1. The van der Waals surface area contributed by atoms with Crippen molar-refractivity contribution in [1.29, 1.82) is 0 Å². The van der Waals surface area contributed by atoms with Crippen LogP contribution in [0.15, 0.2) is 47.4 Å². The van der Waals surface area contributed by atoms with Crippen molar-refractivity contribution >= 4 is 43.2 Å². The number of nitrogens with zero attached hydrogens (tertiary/aromatic N) is 2. The van der Waals surface area contributed by atoms with Crippen LogP contribution in [0.2, 0.25) is 5.02 Å². The number of benzene rings is 2. The van der Waals surface area contributed by atoms with Crippen molar-refractivity contribution in [3.05, 3.63) is 53.3 Å². The molecule has 150 valence electrons. The van der Waals surface area contributed by atoms with Gasteiger partial charge in [-0.15, -0.1) is 0 Å². The molecule has 0 amide bonds. The van der Waals surface area contributed by atoms with Crippen LogP contribution in [0.1, 0.15) is 12.8 Å². The van der Waals surface area contributed by atoms with Gasteiger partial charge in [0.05, 0.1) is 21.3 Å². The number of para-hydroxylation sites is 2. The fraction of sp³-hybridized carbons (Fsp3) is 0.294. The molecule has 0 saturated heterocycles. The zero-order valence-corrected chi connectivity index (χ0v) is 16.9. The van der Waals surface area contributed by atoms with Crippen LogP contribution in [0, 0.1) is 5.82 Å². The van der Waals surface area contributed by atoms with E-state index in [0.29, 0.717) is 11.4 Å². The lowest BCUT2D eigenvalue weighted by molar-refractivity contribution is 0.576. The van der Waals surface area contributed by atoms with Gasteiger partial charge in [-0.1, -0.05) is 23.7 Å². The normalized spacial score (nSPS) is 18.4. The van der Waals surface area contributed by atoms with Crippen LogP contribution in [-0.4, -0.2) is 36.0 Å². The number of rotatable bonds is 6. The largest absolute Gasteiger partial charge is 0.326 e. The molecule has 1 heterocycles. The Hall–Kier alpha value is -1.88. The summed E-state index contributed by atoms with van der Waals surface area (Å²) in [5.74, 6) is -0.722. The summed E-state index contributed by atoms with van der Waals surface area (Å²) in [5.41, 5.74) is 1.14. The molecule has 0 unspecified atom stereocenters. The maximum atomic E-state index is 13.3. The third kappa shape index (κ3) is 3.34. The summed E-state index contributed by atoms with van der Waals surface area (Å²) in [6.45, 7) is -0.222. The monoisotopic (exact) mass is 445 g/mol. The Morgan fingerprint density at radius 3 is 2.46 bits per heavy atom. The van der Waals surface area contributed by atoms with Crippen molar-refractivity contribution in [3.63, 3.8) is 0 Å². The van der Waals surface area contributed by atoms with Crippen LogP contribution >= 0.6 is 11.6 Å². The van der Waals surface area contributed by atoms with E-state index in [0.717, 1.165) is 31.0 Å². The van der Waals surface area contributed by atoms with Gasteiger partial charge in [0.1, 0.15) is 5.82 Å². The maximum Gasteiger partial charge on any atom is 0.326 e. The summed E-state index contributed by atoms with van der Waals surface area (Å²) in [6.07, 6.45) is 1.61. The minimum atomic E-state index is -3.96. The van der Waals surface area contributed by atoms with Gasteiger partial charge in [0.25, 0.3) is 0 Å². The molecule has 28 heavy (non-hydrogen) atoms. The molecule has 1 fully saturated rings. The Labute approximate surface area is 167 Å². The molecule has 1 aliphatic heterocycles. The van der Waals surface area contributed by atoms with Gasteiger partial charge in [-0.2, -0.15) is 8.42 Å². The highest BCUT2D eigenvalue weighted by atomic mass is 35.5. The Kier molecular flexibility index (Phi) is 4.77. The summed E-state index contributed by atoms with van der Waals surface area (Å²) in [5, 5.41) is -0.306. The molecule has 1 N–H and O–H groups in total. The van der Waals surface area contributed by atoms with Crippen LogP contribution in [0.4, 0.5) is 15.8 Å². The van der Waals surface area contributed by atoms with Gasteiger partial charge in [0, 0.05) is 19.1 Å². The second kappa shape index (κ2) is 6.87. The van der Waals surface area contributed by atoms with Gasteiger partial charge in [-0.3, -0.25) is 0 Å². The first kappa shape index (κ1) is 19.4. The number of halogens is 2. The molecular formula is C17H17ClFN3O4S2. The minimum Gasteiger partial charge on any atom is -0.250 e. The molecule has 1 saturated carbocycles. The van der Waals surface area contributed by atoms with Gasteiger partial charge in [-0.05, 0) is 43.2 Å². The van der Waals surface area contributed by atoms with E-state index in [-0.39, 0.29) is 29.0 Å². The molecule has 0 spiro atoms. The minimum absolute atomic E-state index is 0.0470. The van der Waals surface area contributed by atoms with Crippen LogP contribution in [0.5, 0.6) is 0 Å². The third-order valence-corrected chi connectivity index (χ3v) is 8.28. The fourth-order valence-corrected chi connectivity index (χ4v) is 6.37. The van der Waals surface area contributed by atoms with Crippen molar-refractivity contribution in [3.8, 4) is 0 Å². The molecule has 0 atom stereocenters. The molecule has 4 rings (SSSR count). The summed E-state index contributed by atoms with van der Waals surface area (Å²) < 4.78 is 68.9. The first-order chi connectivity index (χ1) is 13.2. The first-order valence-electron chi connectivity index (χ1n) is 8.58. The second-order valence-corrected chi connectivity index (χ2v) is 10.5. The van der Waals surface area contributed by atoms with Crippen molar-refractivity contribution < 1.29 is 21.2 Å². The highest BCUT2D eigenvalue weighted by molar-refractivity contribution is 7.94. The second-order valence-electron chi connectivity index (χ2n) is 6.57. The van der Waals surface area contributed by atoms with Crippen molar-refractivity contribution in [1.82, 2.24) is 4.72 Å². The van der Waals surface area contributed by atoms with Crippen LogP contribution in [0.3, 0.4) is 0 Å². The van der Waals surface area contributed by atoms with Gasteiger partial charge in [0.2, 0.25) is 10.0 Å². The van der Waals surface area contributed by atoms with E-state index >= 15 is 0 Å². The van der Waals surface area contributed by atoms with E-state index in [1.165, 1.54) is 8.61 Å². The van der Waals surface area contributed by atoms with Gasteiger partial charge < -0.3 is 0 Å². The number of hydrogen-bond acceptors (Lipinski definition) is 4. The van der Waals surface area contributed by atoms with Crippen LogP contribution < -0.4 is 13.3 Å².